The minimum Gasteiger partial charge on any atom is -0.462 e. The SMILES string of the molecule is CCCCCCCCCCCCCCCCC(=O)O[C@H](COC(=O)CCCCCCCCCCCC(C)C)COP(=O)(O)OC[C@@H](O)COP(=O)(O)OC[C@@H](COC(=O)CCCCCCCCCC)OC(=O)CCCCCCCCCC(C)C. The van der Waals surface area contributed by atoms with Gasteiger partial charge in [-0.05, 0) is 37.5 Å². The smallest absolute Gasteiger partial charge is 0.462 e. The van der Waals surface area contributed by atoms with Gasteiger partial charge in [0.05, 0.1) is 26.4 Å². The number of aliphatic hydroxyl groups is 1. The molecule has 0 aromatic carbocycles. The lowest BCUT2D eigenvalue weighted by Gasteiger charge is -2.21. The average molecular weight is 1240 g/mol. The van der Waals surface area contributed by atoms with Crippen LogP contribution < -0.4 is 0 Å². The van der Waals surface area contributed by atoms with Gasteiger partial charge in [0.15, 0.2) is 12.2 Å². The molecule has 0 aliphatic carbocycles. The fraction of sp³-hybridized carbons (Fsp3) is 0.938. The van der Waals surface area contributed by atoms with Crippen LogP contribution in [0, 0.1) is 11.8 Å². The molecule has 19 heteroatoms. The predicted octanol–water partition coefficient (Wildman–Crippen LogP) is 18.0. The second-order valence-corrected chi connectivity index (χ2v) is 27.4. The van der Waals surface area contributed by atoms with Gasteiger partial charge in [-0.2, -0.15) is 0 Å². The molecule has 0 aromatic heterocycles. The molecule has 0 fully saturated rings. The Hall–Kier alpha value is -1.94. The first-order valence-corrected chi connectivity index (χ1v) is 37.0. The number of carbonyl (C=O) groups excluding carboxylic acids is 4. The highest BCUT2D eigenvalue weighted by Gasteiger charge is 2.30. The van der Waals surface area contributed by atoms with E-state index in [1.807, 2.05) is 0 Å². The highest BCUT2D eigenvalue weighted by Crippen LogP contribution is 2.45. The molecule has 0 spiro atoms. The summed E-state index contributed by atoms with van der Waals surface area (Å²) in [4.78, 5) is 72.2. The molecule has 0 radical (unpaired) electrons. The quantitative estimate of drug-likeness (QED) is 0.0222. The summed E-state index contributed by atoms with van der Waals surface area (Å²) in [6, 6.07) is 0. The number of hydrogen-bond acceptors (Lipinski definition) is 15. The molecule has 2 unspecified atom stereocenters. The number of esters is 4. The summed E-state index contributed by atoms with van der Waals surface area (Å²) >= 11 is 0. The summed E-state index contributed by atoms with van der Waals surface area (Å²) in [6.45, 7) is 9.40. The van der Waals surface area contributed by atoms with Crippen molar-refractivity contribution < 1.29 is 80.2 Å². The van der Waals surface area contributed by atoms with Gasteiger partial charge in [-0.1, -0.05) is 273 Å². The van der Waals surface area contributed by atoms with E-state index in [9.17, 15) is 43.2 Å². The molecule has 0 saturated heterocycles. The van der Waals surface area contributed by atoms with Gasteiger partial charge in [-0.3, -0.25) is 37.3 Å². The van der Waals surface area contributed by atoms with Gasteiger partial charge in [0.2, 0.25) is 0 Å². The van der Waals surface area contributed by atoms with Crippen molar-refractivity contribution in [3.05, 3.63) is 0 Å². The van der Waals surface area contributed by atoms with Gasteiger partial charge in [-0.25, -0.2) is 9.13 Å². The van der Waals surface area contributed by atoms with Crippen molar-refractivity contribution in [3.63, 3.8) is 0 Å². The van der Waals surface area contributed by atoms with Crippen LogP contribution in [0.5, 0.6) is 0 Å². The molecule has 0 heterocycles. The number of aliphatic hydroxyl groups excluding tert-OH is 1. The summed E-state index contributed by atoms with van der Waals surface area (Å²) in [6.07, 6.45) is 40.4. The molecule has 0 aromatic rings. The Morgan fingerprint density at radius 3 is 0.810 bits per heavy atom. The molecule has 5 atom stereocenters. The van der Waals surface area contributed by atoms with Crippen LogP contribution in [0.2, 0.25) is 0 Å². The Morgan fingerprint density at radius 2 is 0.548 bits per heavy atom. The van der Waals surface area contributed by atoms with Crippen LogP contribution in [0.4, 0.5) is 0 Å². The van der Waals surface area contributed by atoms with Crippen LogP contribution in [-0.2, 0) is 65.4 Å². The van der Waals surface area contributed by atoms with Crippen LogP contribution in [0.15, 0.2) is 0 Å². The van der Waals surface area contributed by atoms with Crippen LogP contribution in [0.3, 0.4) is 0 Å². The maximum atomic E-state index is 13.0. The van der Waals surface area contributed by atoms with E-state index in [1.165, 1.54) is 135 Å². The zero-order chi connectivity index (χ0) is 62.2. The second-order valence-electron chi connectivity index (χ2n) is 24.5. The molecule has 0 amide bonds. The molecule has 3 N–H and O–H groups in total. The van der Waals surface area contributed by atoms with Crippen molar-refractivity contribution >= 4 is 39.5 Å². The van der Waals surface area contributed by atoms with Gasteiger partial charge in [0, 0.05) is 25.7 Å². The first kappa shape index (κ1) is 82.1. The molecule has 0 bridgehead atoms. The number of phosphoric acid groups is 2. The van der Waals surface area contributed by atoms with E-state index in [1.54, 1.807) is 0 Å². The molecular weight excluding hydrogens is 1110 g/mol. The van der Waals surface area contributed by atoms with Crippen LogP contribution >= 0.6 is 15.6 Å². The Balaban J connectivity index is 5.23. The van der Waals surface area contributed by atoms with Gasteiger partial charge < -0.3 is 33.8 Å². The third-order valence-corrected chi connectivity index (χ3v) is 16.9. The summed E-state index contributed by atoms with van der Waals surface area (Å²) in [5.74, 6) is -0.695. The average Bonchev–Trinajstić information content (AvgIpc) is 3.52. The highest BCUT2D eigenvalue weighted by atomic mass is 31.2. The summed E-state index contributed by atoms with van der Waals surface area (Å²) < 4.78 is 68.0. The Labute approximate surface area is 511 Å². The van der Waals surface area contributed by atoms with Crippen molar-refractivity contribution in [2.24, 2.45) is 11.8 Å². The van der Waals surface area contributed by atoms with Gasteiger partial charge in [0.25, 0.3) is 0 Å². The van der Waals surface area contributed by atoms with Crippen molar-refractivity contribution in [2.75, 3.05) is 39.6 Å². The van der Waals surface area contributed by atoms with Crippen molar-refractivity contribution in [1.29, 1.82) is 0 Å². The molecular formula is C65H126O17P2. The van der Waals surface area contributed by atoms with E-state index >= 15 is 0 Å². The maximum absolute atomic E-state index is 13.0. The summed E-state index contributed by atoms with van der Waals surface area (Å²) in [5.41, 5.74) is 0. The van der Waals surface area contributed by atoms with Gasteiger partial charge in [0.1, 0.15) is 19.3 Å². The lowest BCUT2D eigenvalue weighted by Crippen LogP contribution is -2.30. The third kappa shape index (κ3) is 59.0. The van der Waals surface area contributed by atoms with E-state index in [2.05, 4.69) is 41.5 Å². The van der Waals surface area contributed by atoms with Crippen molar-refractivity contribution in [2.45, 2.75) is 342 Å². The molecule has 0 aliphatic heterocycles. The van der Waals surface area contributed by atoms with Crippen LogP contribution in [0.25, 0.3) is 0 Å². The molecule has 0 saturated carbocycles. The monoisotopic (exact) mass is 1240 g/mol. The van der Waals surface area contributed by atoms with E-state index in [4.69, 9.17) is 37.0 Å². The normalized spacial score (nSPS) is 14.3. The van der Waals surface area contributed by atoms with E-state index in [-0.39, 0.29) is 25.7 Å². The largest absolute Gasteiger partial charge is 0.472 e. The van der Waals surface area contributed by atoms with Gasteiger partial charge >= 0.3 is 39.5 Å². The lowest BCUT2D eigenvalue weighted by atomic mass is 10.0. The number of ether oxygens (including phenoxy) is 4. The maximum Gasteiger partial charge on any atom is 0.472 e. The second kappa shape index (κ2) is 57.5. The molecule has 498 valence electrons. The zero-order valence-electron chi connectivity index (χ0n) is 54.2. The first-order chi connectivity index (χ1) is 40.4. The number of carbonyl (C=O) groups is 4. The topological polar surface area (TPSA) is 237 Å². The summed E-state index contributed by atoms with van der Waals surface area (Å²) in [5, 5.41) is 10.5. The molecule has 84 heavy (non-hydrogen) atoms. The molecule has 0 aliphatic rings. The molecule has 0 rings (SSSR count). The number of unbranched alkanes of at least 4 members (excludes halogenated alkanes) is 34. The minimum absolute atomic E-state index is 0.103. The standard InChI is InChI=1S/C65H126O17P2/c1-7-9-11-13-15-17-18-19-20-21-24-31-37-43-49-64(69)81-60(54-76-63(68)48-42-36-30-25-22-23-27-33-39-45-57(3)4)55-79-83(71,72)77-51-59(66)52-78-84(73,74)80-56-61(53-75-62(67)47-41-35-29-16-14-12-10-8-2)82-65(70)50-44-38-32-26-28-34-40-46-58(5)6/h57-61,66H,7-56H2,1-6H3,(H,71,72)(H,73,74)/t59-,60-,61-/m1/s1. The molecule has 17 nitrogen and oxygen atoms in total. The predicted molar refractivity (Wildman–Crippen MR) is 335 cm³/mol. The van der Waals surface area contributed by atoms with Crippen molar-refractivity contribution in [1.82, 2.24) is 0 Å². The van der Waals surface area contributed by atoms with Crippen LogP contribution in [-0.4, -0.2) is 96.7 Å². The highest BCUT2D eigenvalue weighted by molar-refractivity contribution is 7.47. The minimum atomic E-state index is -4.95. The zero-order valence-corrected chi connectivity index (χ0v) is 56.0. The number of phosphoric ester groups is 2. The Kier molecular flexibility index (Phi) is 56.2. The third-order valence-electron chi connectivity index (χ3n) is 15.0. The lowest BCUT2D eigenvalue weighted by molar-refractivity contribution is -0.161. The van der Waals surface area contributed by atoms with Crippen molar-refractivity contribution in [3.8, 4) is 0 Å². The fourth-order valence-electron chi connectivity index (χ4n) is 9.71. The Bertz CT molecular complexity index is 1650. The summed E-state index contributed by atoms with van der Waals surface area (Å²) in [7, 11) is -9.89. The number of rotatable bonds is 64. The van der Waals surface area contributed by atoms with Gasteiger partial charge in [-0.15, -0.1) is 0 Å². The van der Waals surface area contributed by atoms with E-state index in [0.717, 1.165) is 102 Å². The van der Waals surface area contributed by atoms with E-state index < -0.39 is 97.5 Å². The first-order valence-electron chi connectivity index (χ1n) is 34.0. The number of hydrogen-bond donors (Lipinski definition) is 3. The van der Waals surface area contributed by atoms with E-state index in [0.29, 0.717) is 31.6 Å². The fourth-order valence-corrected chi connectivity index (χ4v) is 11.3. The Morgan fingerprint density at radius 1 is 0.321 bits per heavy atom. The van der Waals surface area contributed by atoms with Crippen LogP contribution in [0.1, 0.15) is 324 Å².